The Labute approximate surface area is 146 Å². The highest BCUT2D eigenvalue weighted by Crippen LogP contribution is 2.30. The third-order valence-electron chi connectivity index (χ3n) is 6.45. The molecule has 138 valence electrons. The Morgan fingerprint density at radius 3 is 2.67 bits per heavy atom. The lowest BCUT2D eigenvalue weighted by Gasteiger charge is -2.43. The molecule has 5 nitrogen and oxygen atoms in total. The van der Waals surface area contributed by atoms with Crippen molar-refractivity contribution in [3.05, 3.63) is 0 Å². The molecular formula is C19H35N3O2. The van der Waals surface area contributed by atoms with Gasteiger partial charge in [0.05, 0.1) is 6.10 Å². The molecule has 1 heterocycles. The van der Waals surface area contributed by atoms with E-state index in [1.165, 1.54) is 38.6 Å². The first-order chi connectivity index (χ1) is 11.6. The number of rotatable bonds is 5. The Balaban J connectivity index is 1.37. The maximum Gasteiger partial charge on any atom is 0.315 e. The van der Waals surface area contributed by atoms with Crippen LogP contribution in [-0.4, -0.2) is 53.9 Å². The van der Waals surface area contributed by atoms with E-state index in [1.54, 1.807) is 0 Å². The number of carbonyl (C=O) groups is 1. The Morgan fingerprint density at radius 2 is 1.96 bits per heavy atom. The summed E-state index contributed by atoms with van der Waals surface area (Å²) in [6.07, 6.45) is 10.4. The molecule has 24 heavy (non-hydrogen) atoms. The smallest absolute Gasteiger partial charge is 0.315 e. The van der Waals surface area contributed by atoms with Gasteiger partial charge in [-0.25, -0.2) is 4.79 Å². The van der Waals surface area contributed by atoms with Crippen molar-refractivity contribution in [2.45, 2.75) is 82.9 Å². The number of hydrogen-bond acceptors (Lipinski definition) is 3. The van der Waals surface area contributed by atoms with Crippen molar-refractivity contribution in [2.75, 3.05) is 19.6 Å². The van der Waals surface area contributed by atoms with Crippen LogP contribution in [0.15, 0.2) is 0 Å². The summed E-state index contributed by atoms with van der Waals surface area (Å²) >= 11 is 0. The van der Waals surface area contributed by atoms with Crippen LogP contribution in [-0.2, 0) is 0 Å². The van der Waals surface area contributed by atoms with Gasteiger partial charge in [-0.2, -0.15) is 0 Å². The summed E-state index contributed by atoms with van der Waals surface area (Å²) in [5.41, 5.74) is 0. The topological polar surface area (TPSA) is 64.6 Å². The SMILES string of the molecule is CC(NC(=O)NCC1CCCC(O)C1)C1CCCN(C2CCC2)C1. The van der Waals surface area contributed by atoms with Crippen molar-refractivity contribution in [1.29, 1.82) is 0 Å². The fraction of sp³-hybridized carbons (Fsp3) is 0.947. The summed E-state index contributed by atoms with van der Waals surface area (Å²) in [6, 6.07) is 1.000. The number of aliphatic hydroxyl groups excluding tert-OH is 1. The number of piperidine rings is 1. The second-order valence-corrected chi connectivity index (χ2v) is 8.31. The van der Waals surface area contributed by atoms with Crippen molar-refractivity contribution >= 4 is 6.03 Å². The van der Waals surface area contributed by atoms with Crippen LogP contribution in [0.1, 0.15) is 64.7 Å². The maximum atomic E-state index is 12.2. The molecule has 2 amide bonds. The number of carbonyl (C=O) groups excluding carboxylic acids is 1. The molecule has 0 aromatic rings. The molecule has 4 unspecified atom stereocenters. The first-order valence-corrected chi connectivity index (χ1v) is 10.1. The molecule has 0 aromatic carbocycles. The second kappa shape index (κ2) is 8.52. The quantitative estimate of drug-likeness (QED) is 0.722. The third-order valence-corrected chi connectivity index (χ3v) is 6.45. The molecule has 3 fully saturated rings. The van der Waals surface area contributed by atoms with Gasteiger partial charge in [0, 0.05) is 25.2 Å². The van der Waals surface area contributed by atoms with Crippen LogP contribution >= 0.6 is 0 Å². The molecule has 0 bridgehead atoms. The molecular weight excluding hydrogens is 302 g/mol. The number of urea groups is 1. The normalized spacial score (nSPS) is 33.5. The van der Waals surface area contributed by atoms with Gasteiger partial charge in [-0.1, -0.05) is 12.8 Å². The predicted molar refractivity (Wildman–Crippen MR) is 95.9 cm³/mol. The summed E-state index contributed by atoms with van der Waals surface area (Å²) in [5, 5.41) is 15.9. The van der Waals surface area contributed by atoms with E-state index < -0.39 is 0 Å². The molecule has 0 aromatic heterocycles. The summed E-state index contributed by atoms with van der Waals surface area (Å²) < 4.78 is 0. The van der Waals surface area contributed by atoms with Gasteiger partial charge >= 0.3 is 6.03 Å². The second-order valence-electron chi connectivity index (χ2n) is 8.31. The monoisotopic (exact) mass is 337 g/mol. The van der Waals surface area contributed by atoms with Crippen LogP contribution < -0.4 is 10.6 Å². The number of amides is 2. The average Bonchev–Trinajstić information content (AvgIpc) is 2.52. The lowest BCUT2D eigenvalue weighted by atomic mass is 9.85. The molecule has 2 aliphatic carbocycles. The van der Waals surface area contributed by atoms with Crippen molar-refractivity contribution < 1.29 is 9.90 Å². The van der Waals surface area contributed by atoms with Crippen molar-refractivity contribution in [3.63, 3.8) is 0 Å². The van der Waals surface area contributed by atoms with Crippen LogP contribution in [0.4, 0.5) is 4.79 Å². The number of aliphatic hydroxyl groups is 1. The fourth-order valence-corrected chi connectivity index (χ4v) is 4.59. The highest BCUT2D eigenvalue weighted by Gasteiger charge is 2.32. The first-order valence-electron chi connectivity index (χ1n) is 10.1. The molecule has 2 saturated carbocycles. The maximum absolute atomic E-state index is 12.2. The Kier molecular flexibility index (Phi) is 6.39. The van der Waals surface area contributed by atoms with Gasteiger partial charge in [-0.05, 0) is 70.3 Å². The number of nitrogens with zero attached hydrogens (tertiary/aromatic N) is 1. The molecule has 3 N–H and O–H groups in total. The van der Waals surface area contributed by atoms with Crippen LogP contribution in [0.25, 0.3) is 0 Å². The Bertz CT molecular complexity index is 413. The van der Waals surface area contributed by atoms with Crippen LogP contribution in [0.2, 0.25) is 0 Å². The minimum Gasteiger partial charge on any atom is -0.393 e. The van der Waals surface area contributed by atoms with E-state index in [2.05, 4.69) is 22.5 Å². The summed E-state index contributed by atoms with van der Waals surface area (Å²) in [4.78, 5) is 14.9. The van der Waals surface area contributed by atoms with E-state index in [0.29, 0.717) is 18.4 Å². The van der Waals surface area contributed by atoms with Crippen LogP contribution in [0, 0.1) is 11.8 Å². The summed E-state index contributed by atoms with van der Waals surface area (Å²) in [5.74, 6) is 1.00. The standard InChI is InChI=1S/C19H35N3O2/c1-14(16-6-4-10-22(13-16)17-7-3-8-17)21-19(24)20-12-15-5-2-9-18(23)11-15/h14-18,23H,2-13H2,1H3,(H2,20,21,24). The van der Waals surface area contributed by atoms with Gasteiger partial charge in [-0.15, -0.1) is 0 Å². The summed E-state index contributed by atoms with van der Waals surface area (Å²) in [6.45, 7) is 5.22. The van der Waals surface area contributed by atoms with Crippen molar-refractivity contribution in [1.82, 2.24) is 15.5 Å². The average molecular weight is 338 g/mol. The molecule has 0 spiro atoms. The molecule has 1 aliphatic heterocycles. The molecule has 4 atom stereocenters. The highest BCUT2D eigenvalue weighted by molar-refractivity contribution is 5.74. The number of hydrogen-bond donors (Lipinski definition) is 3. The molecule has 0 radical (unpaired) electrons. The lowest BCUT2D eigenvalue weighted by Crippen LogP contribution is -2.52. The molecule has 3 aliphatic rings. The van der Waals surface area contributed by atoms with Crippen molar-refractivity contribution in [2.24, 2.45) is 11.8 Å². The highest BCUT2D eigenvalue weighted by atomic mass is 16.3. The van der Waals surface area contributed by atoms with E-state index in [1.807, 2.05) is 0 Å². The zero-order valence-electron chi connectivity index (χ0n) is 15.2. The molecule has 3 rings (SSSR count). The van der Waals surface area contributed by atoms with E-state index in [-0.39, 0.29) is 18.2 Å². The zero-order chi connectivity index (χ0) is 16.9. The van der Waals surface area contributed by atoms with Gasteiger partial charge < -0.3 is 20.6 Å². The van der Waals surface area contributed by atoms with E-state index in [4.69, 9.17) is 0 Å². The molecule has 5 heteroatoms. The van der Waals surface area contributed by atoms with E-state index >= 15 is 0 Å². The fourth-order valence-electron chi connectivity index (χ4n) is 4.59. The van der Waals surface area contributed by atoms with Crippen molar-refractivity contribution in [3.8, 4) is 0 Å². The minimum atomic E-state index is -0.174. The third kappa shape index (κ3) is 4.85. The van der Waals surface area contributed by atoms with Crippen LogP contribution in [0.5, 0.6) is 0 Å². The van der Waals surface area contributed by atoms with E-state index in [0.717, 1.165) is 38.3 Å². The number of likely N-dealkylation sites (tertiary alicyclic amines) is 1. The van der Waals surface area contributed by atoms with Gasteiger partial charge in [-0.3, -0.25) is 0 Å². The molecule has 1 saturated heterocycles. The summed E-state index contributed by atoms with van der Waals surface area (Å²) in [7, 11) is 0. The Morgan fingerprint density at radius 1 is 1.17 bits per heavy atom. The zero-order valence-corrected chi connectivity index (χ0v) is 15.2. The minimum absolute atomic E-state index is 0.0386. The van der Waals surface area contributed by atoms with Gasteiger partial charge in [0.15, 0.2) is 0 Å². The predicted octanol–water partition coefficient (Wildman–Crippen LogP) is 2.49. The number of nitrogens with one attached hydrogen (secondary N) is 2. The van der Waals surface area contributed by atoms with Gasteiger partial charge in [0.25, 0.3) is 0 Å². The first kappa shape index (κ1) is 18.0. The van der Waals surface area contributed by atoms with Crippen LogP contribution in [0.3, 0.4) is 0 Å². The largest absolute Gasteiger partial charge is 0.393 e. The lowest BCUT2D eigenvalue weighted by molar-refractivity contribution is 0.0677. The van der Waals surface area contributed by atoms with Gasteiger partial charge in [0.1, 0.15) is 0 Å². The van der Waals surface area contributed by atoms with Gasteiger partial charge in [0.2, 0.25) is 0 Å². The Hall–Kier alpha value is -0.810. The van der Waals surface area contributed by atoms with E-state index in [9.17, 15) is 9.90 Å².